The Morgan fingerprint density at radius 1 is 0.706 bits per heavy atom. The third-order valence-corrected chi connectivity index (χ3v) is 4.72. The van der Waals surface area contributed by atoms with Crippen molar-refractivity contribution in [2.45, 2.75) is 35.8 Å². The van der Waals surface area contributed by atoms with Gasteiger partial charge in [-0.15, -0.1) is 0 Å². The van der Waals surface area contributed by atoms with Gasteiger partial charge in [-0.3, -0.25) is 4.79 Å². The van der Waals surface area contributed by atoms with Gasteiger partial charge in [0.05, 0.1) is 13.2 Å². The van der Waals surface area contributed by atoms with Crippen LogP contribution in [0.3, 0.4) is 0 Å². The molecule has 0 aliphatic carbocycles. The van der Waals surface area contributed by atoms with Gasteiger partial charge in [0.1, 0.15) is 0 Å². The van der Waals surface area contributed by atoms with Crippen molar-refractivity contribution >= 4 is 17.3 Å². The fourth-order valence-electron chi connectivity index (χ4n) is 2.70. The predicted molar refractivity (Wildman–Crippen MR) is 88.9 cm³/mol. The lowest BCUT2D eigenvalue weighted by Crippen LogP contribution is -2.71. The van der Waals surface area contributed by atoms with Crippen molar-refractivity contribution < 1.29 is 66.6 Å². The number of hydrogen-bond donors (Lipinski definition) is 1. The van der Waals surface area contributed by atoms with Crippen LogP contribution < -0.4 is 10.2 Å². The number of hydrogen-bond acceptors (Lipinski definition) is 3. The molecule has 1 heterocycles. The first kappa shape index (κ1) is 27.8. The second-order valence-corrected chi connectivity index (χ2v) is 6.97. The largest absolute Gasteiger partial charge is 0.460 e. The highest BCUT2D eigenvalue weighted by atomic mass is 19.4. The molecule has 0 radical (unpaired) electrons. The van der Waals surface area contributed by atoms with Crippen molar-refractivity contribution in [3.63, 3.8) is 0 Å². The Balaban J connectivity index is 2.29. The molecule has 4 nitrogen and oxygen atoms in total. The summed E-state index contributed by atoms with van der Waals surface area (Å²) in [7, 11) is 0. The molecule has 0 aromatic heterocycles. The van der Waals surface area contributed by atoms with Crippen LogP contribution in [0.15, 0.2) is 24.3 Å². The van der Waals surface area contributed by atoms with Gasteiger partial charge in [0.2, 0.25) is 0 Å². The van der Waals surface area contributed by atoms with Gasteiger partial charge in [0.15, 0.2) is 0 Å². The van der Waals surface area contributed by atoms with Gasteiger partial charge in [-0.25, -0.2) is 0 Å². The molecular weight excluding hydrogens is 511 g/mol. The van der Waals surface area contributed by atoms with Crippen LogP contribution in [0.2, 0.25) is 0 Å². The first-order valence-corrected chi connectivity index (χ1v) is 8.92. The van der Waals surface area contributed by atoms with Gasteiger partial charge in [-0.2, -0.15) is 57.1 Å². The van der Waals surface area contributed by atoms with E-state index in [0.717, 1.165) is 17.4 Å². The SMILES string of the molecule is O=C(Nc1ccc(N2CCOCC2)cc1)C(F)(F)C(F)(F)C(F)(F)C(F)(F)C(F)(F)C(F)(F)F. The van der Waals surface area contributed by atoms with Crippen LogP contribution in [-0.2, 0) is 9.53 Å². The molecule has 34 heavy (non-hydrogen) atoms. The van der Waals surface area contributed by atoms with E-state index < -0.39 is 47.4 Å². The Labute approximate surface area is 181 Å². The summed E-state index contributed by atoms with van der Waals surface area (Å²) in [6.45, 7) is 1.43. The van der Waals surface area contributed by atoms with E-state index >= 15 is 0 Å². The zero-order chi connectivity index (χ0) is 26.4. The van der Waals surface area contributed by atoms with Crippen LogP contribution in [0.1, 0.15) is 0 Å². The van der Waals surface area contributed by atoms with E-state index in [4.69, 9.17) is 4.74 Å². The molecule has 0 saturated carbocycles. The van der Waals surface area contributed by atoms with E-state index in [2.05, 4.69) is 0 Å². The van der Waals surface area contributed by atoms with Crippen LogP contribution in [0.4, 0.5) is 68.5 Å². The van der Waals surface area contributed by atoms with Gasteiger partial charge < -0.3 is 15.0 Å². The smallest absolute Gasteiger partial charge is 0.378 e. The molecular formula is C17H13F13N2O2. The Morgan fingerprint density at radius 3 is 1.59 bits per heavy atom. The van der Waals surface area contributed by atoms with Crippen molar-refractivity contribution in [3.05, 3.63) is 24.3 Å². The Bertz CT molecular complexity index is 878. The number of morpholine rings is 1. The molecule has 1 aromatic rings. The summed E-state index contributed by atoms with van der Waals surface area (Å²) in [5, 5.41) is 1.01. The number of amides is 1. The van der Waals surface area contributed by atoms with Crippen molar-refractivity contribution in [2.24, 2.45) is 0 Å². The molecule has 1 N–H and O–H groups in total. The summed E-state index contributed by atoms with van der Waals surface area (Å²) in [5.41, 5.74) is -0.299. The molecule has 0 spiro atoms. The maximum absolute atomic E-state index is 13.8. The summed E-state index contributed by atoms with van der Waals surface area (Å²) in [5.74, 6) is -41.8. The zero-order valence-electron chi connectivity index (χ0n) is 16.3. The van der Waals surface area contributed by atoms with E-state index in [9.17, 15) is 61.9 Å². The Morgan fingerprint density at radius 2 is 1.15 bits per heavy atom. The third kappa shape index (κ3) is 4.33. The molecule has 0 unspecified atom stereocenters. The number of ether oxygens (including phenoxy) is 1. The van der Waals surface area contributed by atoms with Crippen LogP contribution in [0, 0.1) is 0 Å². The third-order valence-electron chi connectivity index (χ3n) is 4.72. The average Bonchev–Trinajstić information content (AvgIpc) is 2.73. The number of alkyl halides is 13. The van der Waals surface area contributed by atoms with Crippen LogP contribution >= 0.6 is 0 Å². The summed E-state index contributed by atoms with van der Waals surface area (Å²) >= 11 is 0. The number of rotatable bonds is 7. The molecule has 194 valence electrons. The normalized spacial score (nSPS) is 17.0. The number of anilines is 2. The maximum Gasteiger partial charge on any atom is 0.460 e. The lowest BCUT2D eigenvalue weighted by molar-refractivity contribution is -0.435. The number of benzene rings is 1. The monoisotopic (exact) mass is 524 g/mol. The fraction of sp³-hybridized carbons (Fsp3) is 0.588. The highest BCUT2D eigenvalue weighted by Gasteiger charge is 2.91. The van der Waals surface area contributed by atoms with Crippen molar-refractivity contribution in [1.29, 1.82) is 0 Å². The summed E-state index contributed by atoms with van der Waals surface area (Å²) in [6.07, 6.45) is -7.52. The number of carbonyl (C=O) groups is 1. The zero-order valence-corrected chi connectivity index (χ0v) is 16.3. The summed E-state index contributed by atoms with van der Waals surface area (Å²) in [4.78, 5) is 13.2. The maximum atomic E-state index is 13.8. The molecule has 1 aliphatic heterocycles. The van der Waals surface area contributed by atoms with Crippen molar-refractivity contribution in [2.75, 3.05) is 36.5 Å². The quantitative estimate of drug-likeness (QED) is 0.499. The minimum Gasteiger partial charge on any atom is -0.378 e. The Kier molecular flexibility index (Phi) is 7.06. The number of nitrogens with one attached hydrogen (secondary N) is 1. The lowest BCUT2D eigenvalue weighted by Gasteiger charge is -2.39. The number of halogens is 13. The van der Waals surface area contributed by atoms with Crippen molar-refractivity contribution in [3.8, 4) is 0 Å². The predicted octanol–water partition coefficient (Wildman–Crippen LogP) is 5.20. The lowest BCUT2D eigenvalue weighted by atomic mass is 9.93. The minimum atomic E-state index is -8.06. The van der Waals surface area contributed by atoms with Crippen LogP contribution in [0.25, 0.3) is 0 Å². The highest BCUT2D eigenvalue weighted by Crippen LogP contribution is 2.60. The standard InChI is InChI=1S/C17H13F13N2O2/c18-12(19,13(20,21)14(22,23)15(24,25)16(26,27)17(28,29)30)11(33)31-9-1-3-10(4-2-9)32-5-7-34-8-6-32/h1-4H,5-8H2,(H,31,33). The molecule has 0 bridgehead atoms. The second kappa shape index (κ2) is 8.64. The molecule has 17 heteroatoms. The van der Waals surface area contributed by atoms with E-state index in [1.54, 1.807) is 4.90 Å². The fourth-order valence-corrected chi connectivity index (χ4v) is 2.70. The topological polar surface area (TPSA) is 41.6 Å². The molecule has 1 aliphatic rings. The minimum absolute atomic E-state index is 0.325. The van der Waals surface area contributed by atoms with E-state index in [0.29, 0.717) is 32.0 Å². The molecule has 1 amide bonds. The molecule has 2 rings (SSSR count). The molecule has 0 atom stereocenters. The van der Waals surface area contributed by atoms with E-state index in [-0.39, 0.29) is 0 Å². The van der Waals surface area contributed by atoms with Gasteiger partial charge in [-0.05, 0) is 24.3 Å². The van der Waals surface area contributed by atoms with E-state index in [1.165, 1.54) is 12.1 Å². The Hall–Kier alpha value is -2.46. The second-order valence-electron chi connectivity index (χ2n) is 6.97. The van der Waals surface area contributed by atoms with Crippen molar-refractivity contribution in [1.82, 2.24) is 0 Å². The van der Waals surface area contributed by atoms with Crippen LogP contribution in [-0.4, -0.2) is 68.0 Å². The summed E-state index contributed by atoms with van der Waals surface area (Å²) < 4.78 is 175. The van der Waals surface area contributed by atoms with Gasteiger partial charge in [0.25, 0.3) is 0 Å². The first-order chi connectivity index (χ1) is 15.2. The van der Waals surface area contributed by atoms with Crippen LogP contribution in [0.5, 0.6) is 0 Å². The number of nitrogens with zero attached hydrogens (tertiary/aromatic N) is 1. The highest BCUT2D eigenvalue weighted by molar-refractivity contribution is 5.97. The first-order valence-electron chi connectivity index (χ1n) is 8.92. The molecule has 1 aromatic carbocycles. The average molecular weight is 524 g/mol. The van der Waals surface area contributed by atoms with Gasteiger partial charge in [0, 0.05) is 24.5 Å². The van der Waals surface area contributed by atoms with Gasteiger partial charge in [-0.1, -0.05) is 0 Å². The van der Waals surface area contributed by atoms with Gasteiger partial charge >= 0.3 is 41.7 Å². The molecule has 1 saturated heterocycles. The summed E-state index contributed by atoms with van der Waals surface area (Å²) in [6, 6.07) is 4.01. The van der Waals surface area contributed by atoms with E-state index in [1.807, 2.05) is 0 Å². The molecule has 1 fully saturated rings. The number of carbonyl (C=O) groups excluding carboxylic acids is 1.